The second-order valence-electron chi connectivity index (χ2n) is 7.85. The number of amides is 1. The highest BCUT2D eigenvalue weighted by molar-refractivity contribution is 6.31. The van der Waals surface area contributed by atoms with E-state index in [-0.39, 0.29) is 34.7 Å². The Kier molecular flexibility index (Phi) is 6.57. The molecule has 11 heteroatoms. The number of likely N-dealkylation sites (tertiary alicyclic amines) is 1. The van der Waals surface area contributed by atoms with Gasteiger partial charge in [0.2, 0.25) is 5.91 Å². The Morgan fingerprint density at radius 2 is 1.88 bits per heavy atom. The van der Waals surface area contributed by atoms with E-state index in [9.17, 15) is 24.5 Å². The van der Waals surface area contributed by atoms with Gasteiger partial charge in [0, 0.05) is 30.2 Å². The number of nitrogens with one attached hydrogen (secondary N) is 1. The lowest BCUT2D eigenvalue weighted by Gasteiger charge is -2.16. The van der Waals surface area contributed by atoms with Gasteiger partial charge in [0.05, 0.1) is 21.5 Å². The second-order valence-corrected chi connectivity index (χ2v) is 8.28. The fraction of sp³-hybridized carbons (Fsp3) is 0.318. The lowest BCUT2D eigenvalue weighted by molar-refractivity contribution is -0.384. The number of aromatic nitrogens is 2. The zero-order valence-electron chi connectivity index (χ0n) is 17.7. The summed E-state index contributed by atoms with van der Waals surface area (Å²) in [5.41, 5.74) is -1.45. The summed E-state index contributed by atoms with van der Waals surface area (Å²) in [5, 5.41) is 14.5. The van der Waals surface area contributed by atoms with Crippen LogP contribution in [0.2, 0.25) is 5.02 Å². The molecule has 0 bridgehead atoms. The fourth-order valence-corrected chi connectivity index (χ4v) is 4.19. The van der Waals surface area contributed by atoms with Gasteiger partial charge in [0.25, 0.3) is 11.2 Å². The highest BCUT2D eigenvalue weighted by atomic mass is 35.5. The van der Waals surface area contributed by atoms with Crippen LogP contribution in [0.3, 0.4) is 0 Å². The van der Waals surface area contributed by atoms with Crippen molar-refractivity contribution in [3.8, 4) is 5.69 Å². The molecule has 0 radical (unpaired) electrons. The molecule has 1 saturated heterocycles. The molecular formula is C22H22ClN5O5. The molecule has 4 rings (SSSR count). The molecule has 0 unspecified atom stereocenters. The monoisotopic (exact) mass is 471 g/mol. The van der Waals surface area contributed by atoms with E-state index in [0.29, 0.717) is 11.6 Å². The van der Waals surface area contributed by atoms with Crippen LogP contribution in [0.25, 0.3) is 16.6 Å². The number of nitro benzene ring substituents is 1. The average Bonchev–Trinajstić information content (AvgIpc) is 3.30. The number of carbonyl (C=O) groups excluding carboxylic acids is 1. The Balaban J connectivity index is 1.73. The van der Waals surface area contributed by atoms with Gasteiger partial charge in [-0.3, -0.25) is 24.3 Å². The van der Waals surface area contributed by atoms with Gasteiger partial charge in [-0.25, -0.2) is 9.36 Å². The third kappa shape index (κ3) is 4.81. The zero-order valence-corrected chi connectivity index (χ0v) is 18.5. The number of carbonyl (C=O) groups is 1. The first-order chi connectivity index (χ1) is 15.8. The molecule has 1 N–H and O–H groups in total. The molecule has 0 aliphatic carbocycles. The van der Waals surface area contributed by atoms with Crippen LogP contribution < -0.4 is 16.6 Å². The van der Waals surface area contributed by atoms with Crippen LogP contribution in [0.5, 0.6) is 0 Å². The van der Waals surface area contributed by atoms with Gasteiger partial charge < -0.3 is 10.2 Å². The van der Waals surface area contributed by atoms with Crippen molar-refractivity contribution < 1.29 is 9.72 Å². The lowest BCUT2D eigenvalue weighted by Crippen LogP contribution is -2.42. The first-order valence-corrected chi connectivity index (χ1v) is 10.9. The minimum absolute atomic E-state index is 0.0410. The third-order valence-corrected chi connectivity index (χ3v) is 5.89. The number of benzene rings is 2. The number of hydrogen-bond donors (Lipinski definition) is 1. The zero-order chi connectivity index (χ0) is 23.5. The van der Waals surface area contributed by atoms with E-state index < -0.39 is 16.2 Å². The van der Waals surface area contributed by atoms with Crippen molar-refractivity contribution in [2.45, 2.75) is 19.4 Å². The molecule has 1 fully saturated rings. The number of nitrogens with zero attached hydrogens (tertiary/aromatic N) is 4. The second kappa shape index (κ2) is 9.55. The lowest BCUT2D eigenvalue weighted by atomic mass is 10.2. The molecule has 1 amide bonds. The first-order valence-electron chi connectivity index (χ1n) is 10.5. The normalized spacial score (nSPS) is 14.0. The summed E-state index contributed by atoms with van der Waals surface area (Å²) in [7, 11) is 0. The topological polar surface area (TPSA) is 119 Å². The van der Waals surface area contributed by atoms with Crippen molar-refractivity contribution in [2.24, 2.45) is 0 Å². The van der Waals surface area contributed by atoms with Gasteiger partial charge in [0.15, 0.2) is 0 Å². The Labute approximate surface area is 193 Å². The standard InChI is InChI=1S/C22H22ClN5O5/c23-15-6-7-18-19(12-15)26(14-20(29)24-8-11-25-9-1-2-10-25)22(31)27(21(18)30)16-4-3-5-17(13-16)28(32)33/h3-7,12-13H,1-2,8-11,14H2,(H,24,29). The van der Waals surface area contributed by atoms with Gasteiger partial charge in [-0.15, -0.1) is 0 Å². The van der Waals surface area contributed by atoms with Gasteiger partial charge >= 0.3 is 5.69 Å². The van der Waals surface area contributed by atoms with Crippen LogP contribution in [-0.4, -0.2) is 51.0 Å². The molecule has 1 aliphatic heterocycles. The van der Waals surface area contributed by atoms with E-state index in [0.717, 1.165) is 47.7 Å². The summed E-state index contributed by atoms with van der Waals surface area (Å²) >= 11 is 6.10. The van der Waals surface area contributed by atoms with E-state index in [2.05, 4.69) is 10.2 Å². The minimum Gasteiger partial charge on any atom is -0.353 e. The van der Waals surface area contributed by atoms with Crippen molar-refractivity contribution in [3.05, 3.63) is 78.4 Å². The third-order valence-electron chi connectivity index (χ3n) is 5.66. The smallest absolute Gasteiger partial charge is 0.336 e. The highest BCUT2D eigenvalue weighted by Crippen LogP contribution is 2.18. The van der Waals surface area contributed by atoms with Gasteiger partial charge in [-0.2, -0.15) is 0 Å². The Morgan fingerprint density at radius 3 is 2.61 bits per heavy atom. The van der Waals surface area contributed by atoms with Crippen molar-refractivity contribution >= 4 is 34.1 Å². The number of nitro groups is 1. The van der Waals surface area contributed by atoms with Crippen molar-refractivity contribution in [1.29, 1.82) is 0 Å². The summed E-state index contributed by atoms with van der Waals surface area (Å²) < 4.78 is 1.99. The Hall–Kier alpha value is -3.50. The number of hydrogen-bond acceptors (Lipinski definition) is 6. The van der Waals surface area contributed by atoms with Crippen LogP contribution in [-0.2, 0) is 11.3 Å². The molecule has 0 spiro atoms. The van der Waals surface area contributed by atoms with Gasteiger partial charge in [-0.05, 0) is 50.2 Å². The number of fused-ring (bicyclic) bond motifs is 1. The average molecular weight is 472 g/mol. The molecular weight excluding hydrogens is 450 g/mol. The molecule has 1 aromatic heterocycles. The maximum Gasteiger partial charge on any atom is 0.336 e. The van der Waals surface area contributed by atoms with E-state index in [4.69, 9.17) is 11.6 Å². The SMILES string of the molecule is O=C(Cn1c(=O)n(-c2cccc([N+](=O)[O-])c2)c(=O)c2ccc(Cl)cc21)NCCN1CCCC1. The van der Waals surface area contributed by atoms with Crippen molar-refractivity contribution in [2.75, 3.05) is 26.2 Å². The van der Waals surface area contributed by atoms with Crippen LogP contribution >= 0.6 is 11.6 Å². The van der Waals surface area contributed by atoms with E-state index in [1.165, 1.54) is 36.4 Å². The van der Waals surface area contributed by atoms with Crippen LogP contribution in [0.15, 0.2) is 52.1 Å². The number of non-ortho nitro benzene ring substituents is 1. The highest BCUT2D eigenvalue weighted by Gasteiger charge is 2.19. The summed E-state index contributed by atoms with van der Waals surface area (Å²) in [6, 6.07) is 9.66. The fourth-order valence-electron chi connectivity index (χ4n) is 4.03. The molecule has 3 aromatic rings. The molecule has 0 saturated carbocycles. The number of halogens is 1. The predicted molar refractivity (Wildman–Crippen MR) is 124 cm³/mol. The maximum atomic E-state index is 13.3. The summed E-state index contributed by atoms with van der Waals surface area (Å²) in [6.07, 6.45) is 2.30. The maximum absolute atomic E-state index is 13.3. The molecule has 2 heterocycles. The minimum atomic E-state index is -0.787. The largest absolute Gasteiger partial charge is 0.353 e. The summed E-state index contributed by atoms with van der Waals surface area (Å²) in [5.74, 6) is -0.387. The van der Waals surface area contributed by atoms with Crippen LogP contribution in [0.1, 0.15) is 12.8 Å². The number of rotatable bonds is 7. The van der Waals surface area contributed by atoms with Gasteiger partial charge in [0.1, 0.15) is 6.54 Å². The van der Waals surface area contributed by atoms with Gasteiger partial charge in [-0.1, -0.05) is 17.7 Å². The molecule has 0 atom stereocenters. The molecule has 33 heavy (non-hydrogen) atoms. The summed E-state index contributed by atoms with van der Waals surface area (Å²) in [6.45, 7) is 2.85. The van der Waals surface area contributed by atoms with E-state index in [1.807, 2.05) is 0 Å². The van der Waals surface area contributed by atoms with Crippen LogP contribution in [0, 0.1) is 10.1 Å². The quantitative estimate of drug-likeness (QED) is 0.415. The molecule has 10 nitrogen and oxygen atoms in total. The first kappa shape index (κ1) is 22.7. The summed E-state index contributed by atoms with van der Waals surface area (Å²) in [4.78, 5) is 51.9. The van der Waals surface area contributed by atoms with Crippen LogP contribution in [0.4, 0.5) is 5.69 Å². The van der Waals surface area contributed by atoms with Crippen molar-refractivity contribution in [3.63, 3.8) is 0 Å². The predicted octanol–water partition coefficient (Wildman–Crippen LogP) is 1.93. The molecule has 2 aromatic carbocycles. The van der Waals surface area contributed by atoms with E-state index in [1.54, 1.807) is 0 Å². The van der Waals surface area contributed by atoms with Crippen molar-refractivity contribution in [1.82, 2.24) is 19.4 Å². The Bertz CT molecular complexity index is 1340. The van der Waals surface area contributed by atoms with E-state index >= 15 is 0 Å². The molecule has 172 valence electrons. The molecule has 1 aliphatic rings. The Morgan fingerprint density at radius 1 is 1.12 bits per heavy atom.